The van der Waals surface area contributed by atoms with Crippen molar-refractivity contribution in [2.75, 3.05) is 38.8 Å². The van der Waals surface area contributed by atoms with Crippen LogP contribution in [0.4, 0.5) is 5.82 Å². The van der Waals surface area contributed by atoms with E-state index in [4.69, 9.17) is 9.47 Å². The molecule has 1 fully saturated rings. The lowest BCUT2D eigenvalue weighted by molar-refractivity contribution is 0.208. The molecule has 0 spiro atoms. The summed E-state index contributed by atoms with van der Waals surface area (Å²) in [6.07, 6.45) is 3.84. The van der Waals surface area contributed by atoms with Gasteiger partial charge in [-0.05, 0) is 30.9 Å². The number of methoxy groups -OCH3 is 2. The van der Waals surface area contributed by atoms with Crippen LogP contribution in [-0.4, -0.2) is 49.2 Å². The molecule has 22 heavy (non-hydrogen) atoms. The topological polar surface area (TPSA) is 67.7 Å². The lowest BCUT2D eigenvalue weighted by Gasteiger charge is -2.33. The third-order valence-electron chi connectivity index (χ3n) is 4.22. The number of hydrogen-bond acceptors (Lipinski definition) is 6. The van der Waals surface area contributed by atoms with Crippen LogP contribution in [0.5, 0.6) is 11.5 Å². The van der Waals surface area contributed by atoms with Crippen molar-refractivity contribution >= 4 is 16.6 Å². The first-order valence-electron chi connectivity index (χ1n) is 7.50. The van der Waals surface area contributed by atoms with Gasteiger partial charge in [0, 0.05) is 30.5 Å². The molecule has 1 N–H and O–H groups in total. The first-order valence-corrected chi connectivity index (χ1v) is 7.50. The second-order valence-corrected chi connectivity index (χ2v) is 5.60. The molecule has 0 amide bonds. The van der Waals surface area contributed by atoms with Gasteiger partial charge in [0.1, 0.15) is 0 Å². The molecular weight excluding hydrogens is 282 g/mol. The SMILES string of the molecule is COc1cc2cnnc(N3CCCC(CO)C3)c2cc1OC. The molecule has 0 aliphatic carbocycles. The van der Waals surface area contributed by atoms with E-state index in [2.05, 4.69) is 15.1 Å². The molecule has 1 aliphatic rings. The molecule has 6 heteroatoms. The molecule has 1 aliphatic heterocycles. The van der Waals surface area contributed by atoms with Crippen molar-refractivity contribution in [3.8, 4) is 11.5 Å². The van der Waals surface area contributed by atoms with Crippen LogP contribution in [0.25, 0.3) is 10.8 Å². The lowest BCUT2D eigenvalue weighted by Crippen LogP contribution is -2.37. The number of rotatable bonds is 4. The van der Waals surface area contributed by atoms with E-state index in [-0.39, 0.29) is 6.61 Å². The number of hydrogen-bond donors (Lipinski definition) is 1. The van der Waals surface area contributed by atoms with Crippen molar-refractivity contribution in [3.05, 3.63) is 18.3 Å². The second-order valence-electron chi connectivity index (χ2n) is 5.60. The Hall–Kier alpha value is -2.08. The number of fused-ring (bicyclic) bond motifs is 1. The Bertz CT molecular complexity index is 662. The quantitative estimate of drug-likeness (QED) is 0.930. The molecule has 1 atom stereocenters. The maximum Gasteiger partial charge on any atom is 0.161 e. The monoisotopic (exact) mass is 303 g/mol. The van der Waals surface area contributed by atoms with Crippen LogP contribution in [-0.2, 0) is 0 Å². The van der Waals surface area contributed by atoms with Gasteiger partial charge < -0.3 is 19.5 Å². The van der Waals surface area contributed by atoms with Gasteiger partial charge >= 0.3 is 0 Å². The zero-order chi connectivity index (χ0) is 15.5. The fourth-order valence-corrected chi connectivity index (χ4v) is 3.03. The zero-order valence-corrected chi connectivity index (χ0v) is 13.0. The predicted octanol–water partition coefficient (Wildman–Crippen LogP) is 1.86. The maximum atomic E-state index is 9.42. The summed E-state index contributed by atoms with van der Waals surface area (Å²) in [6.45, 7) is 1.95. The molecule has 2 heterocycles. The van der Waals surface area contributed by atoms with E-state index >= 15 is 0 Å². The normalized spacial score (nSPS) is 18.5. The van der Waals surface area contributed by atoms with Gasteiger partial charge in [-0.15, -0.1) is 5.10 Å². The number of aromatic nitrogens is 2. The Morgan fingerprint density at radius 2 is 2.05 bits per heavy atom. The van der Waals surface area contributed by atoms with Crippen molar-refractivity contribution < 1.29 is 14.6 Å². The summed E-state index contributed by atoms with van der Waals surface area (Å²) in [7, 11) is 3.25. The van der Waals surface area contributed by atoms with Gasteiger partial charge in [0.2, 0.25) is 0 Å². The second kappa shape index (κ2) is 6.36. The predicted molar refractivity (Wildman–Crippen MR) is 84.7 cm³/mol. The highest BCUT2D eigenvalue weighted by molar-refractivity contribution is 5.94. The van der Waals surface area contributed by atoms with E-state index in [9.17, 15) is 5.11 Å². The smallest absolute Gasteiger partial charge is 0.161 e. The molecule has 6 nitrogen and oxygen atoms in total. The Labute approximate surface area is 129 Å². The summed E-state index contributed by atoms with van der Waals surface area (Å²) in [5, 5.41) is 19.8. The van der Waals surface area contributed by atoms with Crippen LogP contribution in [0.1, 0.15) is 12.8 Å². The third kappa shape index (κ3) is 2.66. The minimum Gasteiger partial charge on any atom is -0.493 e. The van der Waals surface area contributed by atoms with Crippen LogP contribution in [0, 0.1) is 5.92 Å². The summed E-state index contributed by atoms with van der Waals surface area (Å²) in [4.78, 5) is 2.20. The highest BCUT2D eigenvalue weighted by Gasteiger charge is 2.22. The average molecular weight is 303 g/mol. The molecule has 1 aromatic carbocycles. The lowest BCUT2D eigenvalue weighted by atomic mass is 9.98. The molecule has 0 bridgehead atoms. The van der Waals surface area contributed by atoms with Gasteiger partial charge in [-0.3, -0.25) is 0 Å². The van der Waals surface area contributed by atoms with Gasteiger partial charge in [0.15, 0.2) is 17.3 Å². The van der Waals surface area contributed by atoms with Crippen molar-refractivity contribution in [3.63, 3.8) is 0 Å². The molecule has 1 aromatic heterocycles. The Morgan fingerprint density at radius 3 is 2.77 bits per heavy atom. The van der Waals surface area contributed by atoms with E-state index in [1.165, 1.54) is 0 Å². The molecule has 0 saturated carbocycles. The molecule has 0 radical (unpaired) electrons. The van der Waals surface area contributed by atoms with Crippen LogP contribution in [0.15, 0.2) is 18.3 Å². The Kier molecular flexibility index (Phi) is 4.29. The number of aliphatic hydroxyl groups is 1. The molecular formula is C16H21N3O3. The molecule has 1 unspecified atom stereocenters. The van der Waals surface area contributed by atoms with Gasteiger partial charge in [0.05, 0.1) is 20.4 Å². The number of benzene rings is 1. The van der Waals surface area contributed by atoms with Gasteiger partial charge in [0.25, 0.3) is 0 Å². The van der Waals surface area contributed by atoms with Crippen molar-refractivity contribution in [1.82, 2.24) is 10.2 Å². The maximum absolute atomic E-state index is 9.42. The number of piperidine rings is 1. The van der Waals surface area contributed by atoms with Gasteiger partial charge in [-0.25, -0.2) is 0 Å². The summed E-state index contributed by atoms with van der Waals surface area (Å²) in [5.41, 5.74) is 0. The van der Waals surface area contributed by atoms with E-state index in [0.29, 0.717) is 17.4 Å². The molecule has 1 saturated heterocycles. The Balaban J connectivity index is 2.05. The summed E-state index contributed by atoms with van der Waals surface area (Å²) in [6, 6.07) is 3.86. The molecule has 2 aromatic rings. The highest BCUT2D eigenvalue weighted by Crippen LogP contribution is 2.36. The first-order chi connectivity index (χ1) is 10.8. The van der Waals surface area contributed by atoms with Crippen LogP contribution in [0.3, 0.4) is 0 Å². The van der Waals surface area contributed by atoms with Gasteiger partial charge in [-0.2, -0.15) is 5.10 Å². The fraction of sp³-hybridized carbons (Fsp3) is 0.500. The molecule has 3 rings (SSSR count). The van der Waals surface area contributed by atoms with Crippen molar-refractivity contribution in [2.24, 2.45) is 5.92 Å². The summed E-state index contributed by atoms with van der Waals surface area (Å²) < 4.78 is 10.7. The zero-order valence-electron chi connectivity index (χ0n) is 13.0. The number of aliphatic hydroxyl groups excluding tert-OH is 1. The van der Waals surface area contributed by atoms with Crippen molar-refractivity contribution in [2.45, 2.75) is 12.8 Å². The van der Waals surface area contributed by atoms with E-state index in [1.807, 2.05) is 12.1 Å². The third-order valence-corrected chi connectivity index (χ3v) is 4.22. The fourth-order valence-electron chi connectivity index (χ4n) is 3.03. The van der Waals surface area contributed by atoms with Crippen molar-refractivity contribution in [1.29, 1.82) is 0 Å². The standard InChI is InChI=1S/C16H21N3O3/c1-21-14-6-12-8-17-18-16(13(12)7-15(14)22-2)19-5-3-4-11(9-19)10-20/h6-8,11,20H,3-5,9-10H2,1-2H3. The minimum atomic E-state index is 0.214. The summed E-state index contributed by atoms with van der Waals surface area (Å²) >= 11 is 0. The Morgan fingerprint density at radius 1 is 1.27 bits per heavy atom. The number of ether oxygens (including phenoxy) is 2. The van der Waals surface area contributed by atoms with Gasteiger partial charge in [-0.1, -0.05) is 0 Å². The van der Waals surface area contributed by atoms with E-state index in [0.717, 1.165) is 42.5 Å². The average Bonchev–Trinajstić information content (AvgIpc) is 2.59. The molecule has 118 valence electrons. The first kappa shape index (κ1) is 14.8. The number of anilines is 1. The highest BCUT2D eigenvalue weighted by atomic mass is 16.5. The largest absolute Gasteiger partial charge is 0.493 e. The van der Waals surface area contributed by atoms with E-state index < -0.39 is 0 Å². The number of nitrogens with zero attached hydrogens (tertiary/aromatic N) is 3. The minimum absolute atomic E-state index is 0.214. The van der Waals surface area contributed by atoms with E-state index in [1.54, 1.807) is 20.4 Å². The van der Waals surface area contributed by atoms with Crippen LogP contribution < -0.4 is 14.4 Å². The van der Waals surface area contributed by atoms with Crippen LogP contribution >= 0.6 is 0 Å². The summed E-state index contributed by atoms with van der Waals surface area (Å²) in [5.74, 6) is 2.50. The van der Waals surface area contributed by atoms with Crippen LogP contribution in [0.2, 0.25) is 0 Å².